The van der Waals surface area contributed by atoms with Crippen molar-refractivity contribution in [2.24, 2.45) is 5.41 Å². The van der Waals surface area contributed by atoms with E-state index >= 15 is 0 Å². The summed E-state index contributed by atoms with van der Waals surface area (Å²) in [6.45, 7) is 3.77. The zero-order chi connectivity index (χ0) is 13.1. The SMILES string of the molecule is CCC(CC)(Cc1cccc(Cl)c1Cl)C(=O)O. The van der Waals surface area contributed by atoms with Crippen LogP contribution in [-0.4, -0.2) is 11.1 Å². The van der Waals surface area contributed by atoms with Crippen molar-refractivity contribution in [3.05, 3.63) is 33.8 Å². The van der Waals surface area contributed by atoms with E-state index in [0.29, 0.717) is 29.3 Å². The quantitative estimate of drug-likeness (QED) is 0.863. The van der Waals surface area contributed by atoms with E-state index in [4.69, 9.17) is 23.2 Å². The van der Waals surface area contributed by atoms with Crippen LogP contribution in [0.3, 0.4) is 0 Å². The van der Waals surface area contributed by atoms with E-state index in [1.165, 1.54) is 0 Å². The highest BCUT2D eigenvalue weighted by atomic mass is 35.5. The molecule has 0 saturated heterocycles. The summed E-state index contributed by atoms with van der Waals surface area (Å²) in [5.74, 6) is -0.779. The molecule has 0 fully saturated rings. The first-order valence-electron chi connectivity index (χ1n) is 5.63. The van der Waals surface area contributed by atoms with Crippen molar-refractivity contribution >= 4 is 29.2 Å². The highest BCUT2D eigenvalue weighted by molar-refractivity contribution is 6.42. The minimum Gasteiger partial charge on any atom is -0.481 e. The van der Waals surface area contributed by atoms with Crippen molar-refractivity contribution in [1.82, 2.24) is 0 Å². The van der Waals surface area contributed by atoms with Crippen LogP contribution in [0.4, 0.5) is 0 Å². The van der Waals surface area contributed by atoms with Gasteiger partial charge in [0.05, 0.1) is 15.5 Å². The summed E-state index contributed by atoms with van der Waals surface area (Å²) in [6.07, 6.45) is 1.55. The molecule has 0 aromatic heterocycles. The second-order valence-electron chi connectivity index (χ2n) is 4.18. The van der Waals surface area contributed by atoms with Crippen molar-refractivity contribution in [1.29, 1.82) is 0 Å². The van der Waals surface area contributed by atoms with Crippen molar-refractivity contribution < 1.29 is 9.90 Å². The summed E-state index contributed by atoms with van der Waals surface area (Å²) < 4.78 is 0. The molecule has 4 heteroatoms. The zero-order valence-corrected chi connectivity index (χ0v) is 11.5. The fourth-order valence-corrected chi connectivity index (χ4v) is 2.31. The third kappa shape index (κ3) is 2.93. The summed E-state index contributed by atoms with van der Waals surface area (Å²) in [7, 11) is 0. The number of benzene rings is 1. The predicted molar refractivity (Wildman–Crippen MR) is 70.8 cm³/mol. The number of aliphatic carboxylic acids is 1. The van der Waals surface area contributed by atoms with Gasteiger partial charge in [-0.15, -0.1) is 0 Å². The van der Waals surface area contributed by atoms with Crippen LogP contribution >= 0.6 is 23.2 Å². The van der Waals surface area contributed by atoms with E-state index < -0.39 is 11.4 Å². The molecule has 0 amide bonds. The average molecular weight is 275 g/mol. The Bertz CT molecular complexity index is 412. The molecule has 0 aliphatic heterocycles. The van der Waals surface area contributed by atoms with E-state index in [1.54, 1.807) is 12.1 Å². The van der Waals surface area contributed by atoms with Crippen LogP contribution in [0.15, 0.2) is 18.2 Å². The molecule has 17 heavy (non-hydrogen) atoms. The number of halogens is 2. The van der Waals surface area contributed by atoms with Crippen LogP contribution in [0, 0.1) is 5.41 Å². The Morgan fingerprint density at radius 3 is 2.35 bits per heavy atom. The molecule has 1 aromatic rings. The molecular weight excluding hydrogens is 259 g/mol. The Morgan fingerprint density at radius 2 is 1.88 bits per heavy atom. The molecule has 0 spiro atoms. The molecule has 1 rings (SSSR count). The van der Waals surface area contributed by atoms with E-state index in [9.17, 15) is 9.90 Å². The van der Waals surface area contributed by atoms with Crippen LogP contribution in [0.1, 0.15) is 32.3 Å². The van der Waals surface area contributed by atoms with Crippen molar-refractivity contribution in [3.8, 4) is 0 Å². The number of carbonyl (C=O) groups is 1. The number of rotatable bonds is 5. The van der Waals surface area contributed by atoms with E-state index in [-0.39, 0.29) is 0 Å². The van der Waals surface area contributed by atoms with Gasteiger partial charge in [0.25, 0.3) is 0 Å². The maximum absolute atomic E-state index is 11.4. The van der Waals surface area contributed by atoms with Gasteiger partial charge in [-0.3, -0.25) is 4.79 Å². The second-order valence-corrected chi connectivity index (χ2v) is 4.97. The van der Waals surface area contributed by atoms with Crippen molar-refractivity contribution in [3.63, 3.8) is 0 Å². The van der Waals surface area contributed by atoms with Crippen LogP contribution in [0.25, 0.3) is 0 Å². The Hall–Kier alpha value is -0.730. The lowest BCUT2D eigenvalue weighted by atomic mass is 9.77. The molecule has 0 aliphatic carbocycles. The summed E-state index contributed by atoms with van der Waals surface area (Å²) in [5, 5.41) is 10.3. The summed E-state index contributed by atoms with van der Waals surface area (Å²) in [5.41, 5.74) is 0.0409. The van der Waals surface area contributed by atoms with Gasteiger partial charge in [-0.1, -0.05) is 49.2 Å². The first kappa shape index (κ1) is 14.3. The summed E-state index contributed by atoms with van der Waals surface area (Å²) in [4.78, 5) is 11.4. The van der Waals surface area contributed by atoms with Gasteiger partial charge >= 0.3 is 5.97 Å². The molecule has 0 bridgehead atoms. The van der Waals surface area contributed by atoms with Gasteiger partial charge in [0.15, 0.2) is 0 Å². The normalized spacial score (nSPS) is 11.5. The first-order chi connectivity index (χ1) is 7.96. The first-order valence-corrected chi connectivity index (χ1v) is 6.38. The molecular formula is C13H16Cl2O2. The van der Waals surface area contributed by atoms with Crippen LogP contribution < -0.4 is 0 Å². The van der Waals surface area contributed by atoms with Crippen LogP contribution in [-0.2, 0) is 11.2 Å². The minimum atomic E-state index is -0.779. The van der Waals surface area contributed by atoms with Gasteiger partial charge in [0, 0.05) is 0 Å². The number of carboxylic acids is 1. The number of hydrogen-bond acceptors (Lipinski definition) is 1. The molecule has 0 heterocycles. The molecule has 0 aliphatic rings. The van der Waals surface area contributed by atoms with Gasteiger partial charge in [0.2, 0.25) is 0 Å². The van der Waals surface area contributed by atoms with Crippen LogP contribution in [0.2, 0.25) is 10.0 Å². The molecule has 1 N–H and O–H groups in total. The van der Waals surface area contributed by atoms with E-state index in [2.05, 4.69) is 0 Å². The summed E-state index contributed by atoms with van der Waals surface area (Å²) in [6, 6.07) is 5.33. The van der Waals surface area contributed by atoms with Crippen LogP contribution in [0.5, 0.6) is 0 Å². The van der Waals surface area contributed by atoms with Gasteiger partial charge in [-0.2, -0.15) is 0 Å². The zero-order valence-electron chi connectivity index (χ0n) is 9.96. The molecule has 0 atom stereocenters. The molecule has 0 radical (unpaired) electrons. The Labute approximate surface area is 112 Å². The largest absolute Gasteiger partial charge is 0.481 e. The minimum absolute atomic E-state index is 0.411. The smallest absolute Gasteiger partial charge is 0.309 e. The number of hydrogen-bond donors (Lipinski definition) is 1. The highest BCUT2D eigenvalue weighted by Gasteiger charge is 2.35. The van der Waals surface area contributed by atoms with E-state index in [0.717, 1.165) is 5.56 Å². The van der Waals surface area contributed by atoms with Crippen molar-refractivity contribution in [2.45, 2.75) is 33.1 Å². The third-order valence-corrected chi connectivity index (χ3v) is 4.23. The third-order valence-electron chi connectivity index (χ3n) is 3.37. The highest BCUT2D eigenvalue weighted by Crippen LogP contribution is 2.35. The van der Waals surface area contributed by atoms with E-state index in [1.807, 2.05) is 19.9 Å². The standard InChI is InChI=1S/C13H16Cl2O2/c1-3-13(4-2,12(16)17)8-9-6-5-7-10(14)11(9)15/h5-7H,3-4,8H2,1-2H3,(H,16,17). The Morgan fingerprint density at radius 1 is 1.29 bits per heavy atom. The summed E-state index contributed by atoms with van der Waals surface area (Å²) >= 11 is 12.0. The average Bonchev–Trinajstić information content (AvgIpc) is 2.31. The lowest BCUT2D eigenvalue weighted by Crippen LogP contribution is -2.32. The monoisotopic (exact) mass is 274 g/mol. The number of carboxylic acid groups (broad SMARTS) is 1. The molecule has 1 aromatic carbocycles. The maximum atomic E-state index is 11.4. The predicted octanol–water partition coefficient (Wildman–Crippen LogP) is 4.43. The van der Waals surface area contributed by atoms with Gasteiger partial charge in [-0.05, 0) is 30.9 Å². The second kappa shape index (κ2) is 5.74. The Balaban J connectivity index is 3.10. The van der Waals surface area contributed by atoms with Crippen molar-refractivity contribution in [2.75, 3.05) is 0 Å². The maximum Gasteiger partial charge on any atom is 0.309 e. The molecule has 2 nitrogen and oxygen atoms in total. The fraction of sp³-hybridized carbons (Fsp3) is 0.462. The van der Waals surface area contributed by atoms with Gasteiger partial charge in [-0.25, -0.2) is 0 Å². The van der Waals surface area contributed by atoms with Gasteiger partial charge < -0.3 is 5.11 Å². The lowest BCUT2D eigenvalue weighted by Gasteiger charge is -2.27. The molecule has 0 saturated carbocycles. The van der Waals surface area contributed by atoms with Gasteiger partial charge in [0.1, 0.15) is 0 Å². The molecule has 94 valence electrons. The molecule has 0 unspecified atom stereocenters. The topological polar surface area (TPSA) is 37.3 Å². The fourth-order valence-electron chi connectivity index (χ4n) is 1.93. The lowest BCUT2D eigenvalue weighted by molar-refractivity contribution is -0.149. The Kier molecular flexibility index (Phi) is 4.84.